The molecule has 0 spiro atoms. The predicted molar refractivity (Wildman–Crippen MR) is 72.5 cm³/mol. The van der Waals surface area contributed by atoms with Gasteiger partial charge in [0, 0.05) is 31.8 Å². The lowest BCUT2D eigenvalue weighted by Gasteiger charge is -2.46. The first-order valence-electron chi connectivity index (χ1n) is 7.47. The predicted octanol–water partition coefficient (Wildman–Crippen LogP) is 0.582. The van der Waals surface area contributed by atoms with Gasteiger partial charge in [-0.3, -0.25) is 4.90 Å². The van der Waals surface area contributed by atoms with Gasteiger partial charge < -0.3 is 15.5 Å². The molecule has 4 heteroatoms. The highest BCUT2D eigenvalue weighted by Gasteiger charge is 2.34. The van der Waals surface area contributed by atoms with Crippen LogP contribution >= 0.6 is 0 Å². The Morgan fingerprint density at radius 1 is 1.33 bits per heavy atom. The van der Waals surface area contributed by atoms with E-state index in [4.69, 9.17) is 5.11 Å². The summed E-state index contributed by atoms with van der Waals surface area (Å²) in [6.07, 6.45) is 5.69. The zero-order chi connectivity index (χ0) is 13.0. The van der Waals surface area contributed by atoms with Gasteiger partial charge in [0.25, 0.3) is 0 Å². The molecule has 3 unspecified atom stereocenters. The van der Waals surface area contributed by atoms with Crippen molar-refractivity contribution in [3.8, 4) is 0 Å². The van der Waals surface area contributed by atoms with E-state index >= 15 is 0 Å². The molecular weight excluding hydrogens is 228 g/mol. The van der Waals surface area contributed by atoms with Crippen LogP contribution in [0.4, 0.5) is 0 Å². The third kappa shape index (κ3) is 3.67. The lowest BCUT2D eigenvalue weighted by Crippen LogP contribution is -2.56. The molecule has 106 valence electrons. The van der Waals surface area contributed by atoms with Gasteiger partial charge in [0.15, 0.2) is 0 Å². The third-order valence-corrected chi connectivity index (χ3v) is 4.55. The second-order valence-electron chi connectivity index (χ2n) is 6.00. The van der Waals surface area contributed by atoms with Crippen LogP contribution in [0.15, 0.2) is 0 Å². The number of likely N-dealkylation sites (tertiary alicyclic amines) is 1. The molecule has 2 aliphatic rings. The van der Waals surface area contributed by atoms with Crippen LogP contribution in [0.25, 0.3) is 0 Å². The SMILES string of the molecule is CC(O)C1CC(NCCCO)CN(C2CCC2)C1. The van der Waals surface area contributed by atoms with Crippen molar-refractivity contribution in [2.75, 3.05) is 26.2 Å². The lowest BCUT2D eigenvalue weighted by atomic mass is 9.84. The van der Waals surface area contributed by atoms with E-state index in [9.17, 15) is 5.11 Å². The minimum atomic E-state index is -0.213. The Balaban J connectivity index is 1.84. The molecule has 18 heavy (non-hydrogen) atoms. The standard InChI is InChI=1S/C14H28N2O2/c1-11(18)12-8-13(15-6-3-7-17)10-16(9-12)14-4-2-5-14/h11-15,17-18H,2-10H2,1H3. The van der Waals surface area contributed by atoms with Gasteiger partial charge in [-0.05, 0) is 45.1 Å². The maximum Gasteiger partial charge on any atom is 0.0553 e. The second-order valence-corrected chi connectivity index (χ2v) is 6.00. The highest BCUT2D eigenvalue weighted by atomic mass is 16.3. The molecule has 1 heterocycles. The molecule has 2 rings (SSSR count). The van der Waals surface area contributed by atoms with Gasteiger partial charge in [0.05, 0.1) is 6.10 Å². The fourth-order valence-electron chi connectivity index (χ4n) is 3.11. The van der Waals surface area contributed by atoms with Crippen LogP contribution in [-0.2, 0) is 0 Å². The average Bonchev–Trinajstić information content (AvgIpc) is 2.27. The van der Waals surface area contributed by atoms with Crippen molar-refractivity contribution in [2.24, 2.45) is 5.92 Å². The summed E-state index contributed by atoms with van der Waals surface area (Å²) in [7, 11) is 0. The van der Waals surface area contributed by atoms with E-state index < -0.39 is 0 Å². The number of aliphatic hydroxyl groups excluding tert-OH is 2. The normalized spacial score (nSPS) is 32.2. The Bertz CT molecular complexity index is 244. The minimum absolute atomic E-state index is 0.213. The van der Waals surface area contributed by atoms with Gasteiger partial charge in [0.1, 0.15) is 0 Å². The molecule has 1 saturated carbocycles. The van der Waals surface area contributed by atoms with Crippen LogP contribution in [0.2, 0.25) is 0 Å². The molecular formula is C14H28N2O2. The van der Waals surface area contributed by atoms with Crippen molar-refractivity contribution < 1.29 is 10.2 Å². The van der Waals surface area contributed by atoms with E-state index in [0.29, 0.717) is 12.0 Å². The summed E-state index contributed by atoms with van der Waals surface area (Å²) >= 11 is 0. The molecule has 1 saturated heterocycles. The molecule has 0 amide bonds. The zero-order valence-corrected chi connectivity index (χ0v) is 11.5. The van der Waals surface area contributed by atoms with Crippen molar-refractivity contribution in [3.63, 3.8) is 0 Å². The quantitative estimate of drug-likeness (QED) is 0.609. The summed E-state index contributed by atoms with van der Waals surface area (Å²) in [5.41, 5.74) is 0. The maximum atomic E-state index is 9.86. The fraction of sp³-hybridized carbons (Fsp3) is 1.00. The molecule has 0 radical (unpaired) electrons. The van der Waals surface area contributed by atoms with E-state index in [1.165, 1.54) is 19.3 Å². The summed E-state index contributed by atoms with van der Waals surface area (Å²) in [6, 6.07) is 1.24. The van der Waals surface area contributed by atoms with Crippen LogP contribution in [0.3, 0.4) is 0 Å². The summed E-state index contributed by atoms with van der Waals surface area (Å²) in [5.74, 6) is 0.394. The summed E-state index contributed by atoms with van der Waals surface area (Å²) in [4.78, 5) is 2.57. The monoisotopic (exact) mass is 256 g/mol. The number of nitrogens with one attached hydrogen (secondary N) is 1. The van der Waals surface area contributed by atoms with Crippen molar-refractivity contribution >= 4 is 0 Å². The number of rotatable bonds is 6. The number of piperidine rings is 1. The molecule has 0 bridgehead atoms. The number of hydrogen-bond acceptors (Lipinski definition) is 4. The Kier molecular flexibility index (Phi) is 5.42. The lowest BCUT2D eigenvalue weighted by molar-refractivity contribution is 0.0105. The molecule has 0 aromatic heterocycles. The smallest absolute Gasteiger partial charge is 0.0553 e. The van der Waals surface area contributed by atoms with Crippen LogP contribution in [-0.4, -0.2) is 59.5 Å². The Labute approximate surface area is 110 Å². The summed E-state index contributed by atoms with van der Waals surface area (Å²) < 4.78 is 0. The topological polar surface area (TPSA) is 55.7 Å². The van der Waals surface area contributed by atoms with E-state index in [1.54, 1.807) is 0 Å². The largest absolute Gasteiger partial charge is 0.396 e. The van der Waals surface area contributed by atoms with E-state index in [-0.39, 0.29) is 12.7 Å². The first kappa shape index (κ1) is 14.3. The van der Waals surface area contributed by atoms with E-state index in [0.717, 1.165) is 38.5 Å². The average molecular weight is 256 g/mol. The van der Waals surface area contributed by atoms with Gasteiger partial charge >= 0.3 is 0 Å². The molecule has 2 fully saturated rings. The van der Waals surface area contributed by atoms with Gasteiger partial charge in [-0.1, -0.05) is 6.42 Å². The van der Waals surface area contributed by atoms with Crippen LogP contribution < -0.4 is 5.32 Å². The second kappa shape index (κ2) is 6.85. The minimum Gasteiger partial charge on any atom is -0.396 e. The van der Waals surface area contributed by atoms with E-state index in [2.05, 4.69) is 10.2 Å². The van der Waals surface area contributed by atoms with E-state index in [1.807, 2.05) is 6.92 Å². The van der Waals surface area contributed by atoms with Gasteiger partial charge in [0.2, 0.25) is 0 Å². The Hall–Kier alpha value is -0.160. The van der Waals surface area contributed by atoms with Crippen LogP contribution in [0.1, 0.15) is 39.0 Å². The van der Waals surface area contributed by atoms with Crippen molar-refractivity contribution in [1.82, 2.24) is 10.2 Å². The third-order valence-electron chi connectivity index (χ3n) is 4.55. The van der Waals surface area contributed by atoms with Crippen molar-refractivity contribution in [2.45, 2.75) is 57.2 Å². The number of hydrogen-bond donors (Lipinski definition) is 3. The molecule has 4 nitrogen and oxygen atoms in total. The molecule has 1 aliphatic heterocycles. The first-order chi connectivity index (χ1) is 8.70. The first-order valence-corrected chi connectivity index (χ1v) is 7.47. The number of nitrogens with zero attached hydrogens (tertiary/aromatic N) is 1. The highest BCUT2D eigenvalue weighted by Crippen LogP contribution is 2.30. The Morgan fingerprint density at radius 3 is 2.67 bits per heavy atom. The van der Waals surface area contributed by atoms with Crippen LogP contribution in [0, 0.1) is 5.92 Å². The molecule has 0 aromatic rings. The van der Waals surface area contributed by atoms with Gasteiger partial charge in [-0.2, -0.15) is 0 Å². The zero-order valence-electron chi connectivity index (χ0n) is 11.5. The van der Waals surface area contributed by atoms with Gasteiger partial charge in [-0.25, -0.2) is 0 Å². The maximum absolute atomic E-state index is 9.86. The number of aliphatic hydroxyl groups is 2. The fourth-order valence-corrected chi connectivity index (χ4v) is 3.11. The Morgan fingerprint density at radius 2 is 2.11 bits per heavy atom. The molecule has 0 aromatic carbocycles. The van der Waals surface area contributed by atoms with Crippen molar-refractivity contribution in [1.29, 1.82) is 0 Å². The summed E-state index contributed by atoms with van der Waals surface area (Å²) in [5, 5.41) is 22.2. The van der Waals surface area contributed by atoms with Crippen LogP contribution in [0.5, 0.6) is 0 Å². The highest BCUT2D eigenvalue weighted by molar-refractivity contribution is 4.91. The summed E-state index contributed by atoms with van der Waals surface area (Å²) in [6.45, 7) is 5.22. The van der Waals surface area contributed by atoms with Crippen molar-refractivity contribution in [3.05, 3.63) is 0 Å². The molecule has 3 N–H and O–H groups in total. The molecule has 3 atom stereocenters. The molecule has 1 aliphatic carbocycles. The van der Waals surface area contributed by atoms with Gasteiger partial charge in [-0.15, -0.1) is 0 Å².